The molecule has 0 aliphatic heterocycles. The fourth-order valence-electron chi connectivity index (χ4n) is 1.74. The SMILES string of the molecule is CC(N)Cc1ccc(Oc2ccc(Cl)c(F)c2)cc1. The number of halogens is 2. The Balaban J connectivity index is 2.08. The van der Waals surface area contributed by atoms with E-state index in [-0.39, 0.29) is 11.1 Å². The summed E-state index contributed by atoms with van der Waals surface area (Å²) in [6, 6.07) is 12.1. The Labute approximate surface area is 117 Å². The molecule has 0 saturated heterocycles. The maximum atomic E-state index is 13.3. The van der Waals surface area contributed by atoms with Crippen LogP contribution in [0, 0.1) is 5.82 Å². The minimum absolute atomic E-state index is 0.0830. The van der Waals surface area contributed by atoms with Crippen LogP contribution in [0.15, 0.2) is 42.5 Å². The van der Waals surface area contributed by atoms with Gasteiger partial charge in [0, 0.05) is 12.1 Å². The summed E-state index contributed by atoms with van der Waals surface area (Å²) in [6.45, 7) is 1.96. The molecule has 0 fully saturated rings. The van der Waals surface area contributed by atoms with Crippen LogP contribution < -0.4 is 10.5 Å². The first kappa shape index (κ1) is 13.8. The van der Waals surface area contributed by atoms with Crippen LogP contribution in [0.1, 0.15) is 12.5 Å². The van der Waals surface area contributed by atoms with Gasteiger partial charge < -0.3 is 10.5 Å². The summed E-state index contributed by atoms with van der Waals surface area (Å²) in [5.74, 6) is 0.574. The summed E-state index contributed by atoms with van der Waals surface area (Å²) >= 11 is 5.61. The Hall–Kier alpha value is -1.58. The van der Waals surface area contributed by atoms with Crippen molar-refractivity contribution in [3.63, 3.8) is 0 Å². The topological polar surface area (TPSA) is 35.2 Å². The van der Waals surface area contributed by atoms with Gasteiger partial charge in [0.25, 0.3) is 0 Å². The van der Waals surface area contributed by atoms with Crippen LogP contribution >= 0.6 is 11.6 Å². The Morgan fingerprint density at radius 3 is 2.37 bits per heavy atom. The standard InChI is InChI=1S/C15H15ClFNO/c1-10(18)8-11-2-4-12(5-3-11)19-13-6-7-14(16)15(17)9-13/h2-7,9-10H,8,18H2,1H3. The molecule has 0 radical (unpaired) electrons. The van der Waals surface area contributed by atoms with Crippen LogP contribution in [0.4, 0.5) is 4.39 Å². The number of nitrogens with two attached hydrogens (primary N) is 1. The van der Waals surface area contributed by atoms with Gasteiger partial charge >= 0.3 is 0 Å². The highest BCUT2D eigenvalue weighted by Gasteiger charge is 2.04. The van der Waals surface area contributed by atoms with Crippen LogP contribution in [0.25, 0.3) is 0 Å². The molecule has 0 heterocycles. The second-order valence-corrected chi connectivity index (χ2v) is 4.91. The third-order valence-electron chi connectivity index (χ3n) is 2.61. The number of hydrogen-bond acceptors (Lipinski definition) is 2. The number of benzene rings is 2. The van der Waals surface area contributed by atoms with E-state index in [0.29, 0.717) is 11.5 Å². The van der Waals surface area contributed by atoms with Crippen molar-refractivity contribution >= 4 is 11.6 Å². The molecule has 0 aliphatic carbocycles. The van der Waals surface area contributed by atoms with E-state index in [9.17, 15) is 4.39 Å². The Morgan fingerprint density at radius 2 is 1.79 bits per heavy atom. The molecular formula is C15H15ClFNO. The van der Waals surface area contributed by atoms with Crippen molar-refractivity contribution in [1.29, 1.82) is 0 Å². The quantitative estimate of drug-likeness (QED) is 0.912. The maximum absolute atomic E-state index is 13.3. The highest BCUT2D eigenvalue weighted by atomic mass is 35.5. The predicted molar refractivity (Wildman–Crippen MR) is 75.3 cm³/mol. The minimum atomic E-state index is -0.493. The van der Waals surface area contributed by atoms with Gasteiger partial charge in [-0.05, 0) is 43.2 Å². The molecule has 100 valence electrons. The number of rotatable bonds is 4. The van der Waals surface area contributed by atoms with Gasteiger partial charge in [0.1, 0.15) is 17.3 Å². The van der Waals surface area contributed by atoms with Crippen molar-refractivity contribution in [3.8, 4) is 11.5 Å². The van der Waals surface area contributed by atoms with Gasteiger partial charge in [-0.15, -0.1) is 0 Å². The molecule has 0 bridgehead atoms. The monoisotopic (exact) mass is 279 g/mol. The van der Waals surface area contributed by atoms with E-state index in [4.69, 9.17) is 22.1 Å². The molecule has 0 aromatic heterocycles. The summed E-state index contributed by atoms with van der Waals surface area (Å²) < 4.78 is 18.8. The van der Waals surface area contributed by atoms with Gasteiger partial charge in [-0.1, -0.05) is 23.7 Å². The van der Waals surface area contributed by atoms with E-state index in [2.05, 4.69) is 0 Å². The van der Waals surface area contributed by atoms with Gasteiger partial charge in [0.15, 0.2) is 0 Å². The van der Waals surface area contributed by atoms with Gasteiger partial charge in [-0.2, -0.15) is 0 Å². The van der Waals surface area contributed by atoms with Crippen molar-refractivity contribution in [1.82, 2.24) is 0 Å². The third kappa shape index (κ3) is 3.94. The molecular weight excluding hydrogens is 265 g/mol. The second-order valence-electron chi connectivity index (χ2n) is 4.50. The highest BCUT2D eigenvalue weighted by Crippen LogP contribution is 2.25. The van der Waals surface area contributed by atoms with Gasteiger partial charge in [0.05, 0.1) is 5.02 Å². The summed E-state index contributed by atoms with van der Waals surface area (Å²) in [7, 11) is 0. The van der Waals surface area contributed by atoms with Crippen molar-refractivity contribution in [3.05, 3.63) is 58.9 Å². The minimum Gasteiger partial charge on any atom is -0.457 e. The molecule has 0 spiro atoms. The zero-order chi connectivity index (χ0) is 13.8. The van der Waals surface area contributed by atoms with Crippen LogP contribution in [0.3, 0.4) is 0 Å². The molecule has 0 amide bonds. The second kappa shape index (κ2) is 6.04. The lowest BCUT2D eigenvalue weighted by atomic mass is 10.1. The van der Waals surface area contributed by atoms with E-state index in [1.165, 1.54) is 12.1 Å². The highest BCUT2D eigenvalue weighted by molar-refractivity contribution is 6.30. The Morgan fingerprint density at radius 1 is 1.16 bits per heavy atom. The first-order chi connectivity index (χ1) is 9.04. The smallest absolute Gasteiger partial charge is 0.145 e. The fraction of sp³-hybridized carbons (Fsp3) is 0.200. The van der Waals surface area contributed by atoms with Gasteiger partial charge in [0.2, 0.25) is 0 Å². The van der Waals surface area contributed by atoms with E-state index in [1.807, 2.05) is 31.2 Å². The van der Waals surface area contributed by atoms with Crippen molar-refractivity contribution in [2.45, 2.75) is 19.4 Å². The molecule has 2 aromatic carbocycles. The lowest BCUT2D eigenvalue weighted by molar-refractivity contribution is 0.476. The molecule has 1 unspecified atom stereocenters. The number of hydrogen-bond donors (Lipinski definition) is 1. The lowest BCUT2D eigenvalue weighted by Crippen LogP contribution is -2.17. The van der Waals surface area contributed by atoms with E-state index in [1.54, 1.807) is 6.07 Å². The third-order valence-corrected chi connectivity index (χ3v) is 2.91. The maximum Gasteiger partial charge on any atom is 0.145 e. The lowest BCUT2D eigenvalue weighted by Gasteiger charge is -2.08. The average Bonchev–Trinajstić information content (AvgIpc) is 2.36. The van der Waals surface area contributed by atoms with Crippen molar-refractivity contribution in [2.24, 2.45) is 5.73 Å². The largest absolute Gasteiger partial charge is 0.457 e. The van der Waals surface area contributed by atoms with Crippen molar-refractivity contribution in [2.75, 3.05) is 0 Å². The summed E-state index contributed by atoms with van der Waals surface area (Å²) in [5.41, 5.74) is 6.87. The Bertz CT molecular complexity index is 555. The Kier molecular flexibility index (Phi) is 4.40. The number of ether oxygens (including phenoxy) is 1. The van der Waals surface area contributed by atoms with E-state index < -0.39 is 5.82 Å². The molecule has 0 saturated carbocycles. The van der Waals surface area contributed by atoms with Gasteiger partial charge in [-0.25, -0.2) is 4.39 Å². The van der Waals surface area contributed by atoms with E-state index >= 15 is 0 Å². The van der Waals surface area contributed by atoms with E-state index in [0.717, 1.165) is 12.0 Å². The molecule has 0 aliphatic rings. The van der Waals surface area contributed by atoms with Crippen LogP contribution in [-0.4, -0.2) is 6.04 Å². The summed E-state index contributed by atoms with van der Waals surface area (Å²) in [4.78, 5) is 0. The predicted octanol–water partition coefficient (Wildman–Crippen LogP) is 4.16. The summed E-state index contributed by atoms with van der Waals surface area (Å²) in [6.07, 6.45) is 0.815. The molecule has 1 atom stereocenters. The zero-order valence-corrected chi connectivity index (χ0v) is 11.3. The molecule has 4 heteroatoms. The first-order valence-electron chi connectivity index (χ1n) is 6.02. The van der Waals surface area contributed by atoms with Crippen LogP contribution in [0.2, 0.25) is 5.02 Å². The average molecular weight is 280 g/mol. The zero-order valence-electron chi connectivity index (χ0n) is 10.6. The molecule has 2 aromatic rings. The molecule has 2 rings (SSSR count). The fourth-order valence-corrected chi connectivity index (χ4v) is 1.86. The molecule has 2 nitrogen and oxygen atoms in total. The van der Waals surface area contributed by atoms with Crippen LogP contribution in [-0.2, 0) is 6.42 Å². The molecule has 19 heavy (non-hydrogen) atoms. The van der Waals surface area contributed by atoms with Gasteiger partial charge in [-0.3, -0.25) is 0 Å². The van der Waals surface area contributed by atoms with Crippen molar-refractivity contribution < 1.29 is 9.13 Å². The first-order valence-corrected chi connectivity index (χ1v) is 6.40. The summed E-state index contributed by atoms with van der Waals surface area (Å²) in [5, 5.41) is 0.0830. The van der Waals surface area contributed by atoms with Crippen LogP contribution in [0.5, 0.6) is 11.5 Å². The molecule has 2 N–H and O–H groups in total. The normalized spacial score (nSPS) is 12.2.